The summed E-state index contributed by atoms with van der Waals surface area (Å²) in [6.07, 6.45) is 0. The van der Waals surface area contributed by atoms with Gasteiger partial charge in [0.2, 0.25) is 0 Å². The number of methoxy groups -OCH3 is 1. The van der Waals surface area contributed by atoms with Crippen LogP contribution >= 0.6 is 11.6 Å². The molecule has 0 aliphatic rings. The number of halogens is 1. The van der Waals surface area contributed by atoms with E-state index >= 15 is 0 Å². The van der Waals surface area contributed by atoms with Gasteiger partial charge in [-0.25, -0.2) is 0 Å². The van der Waals surface area contributed by atoms with Crippen LogP contribution in [0.1, 0.15) is 24.2 Å². The monoisotopic (exact) mass is 269 g/mol. The molecule has 1 aromatic carbocycles. The SMILES string of the molecule is COc1ccc(Cl)cc1C(=O)NCC(=O)C(C)C. The lowest BCUT2D eigenvalue weighted by Gasteiger charge is -2.10. The van der Waals surface area contributed by atoms with E-state index < -0.39 is 0 Å². The van der Waals surface area contributed by atoms with Crippen molar-refractivity contribution in [2.24, 2.45) is 5.92 Å². The number of nitrogens with one attached hydrogen (secondary N) is 1. The van der Waals surface area contributed by atoms with Crippen LogP contribution in [0.4, 0.5) is 0 Å². The minimum Gasteiger partial charge on any atom is -0.496 e. The van der Waals surface area contributed by atoms with Crippen molar-refractivity contribution in [1.82, 2.24) is 5.32 Å². The second-order valence-corrected chi connectivity index (χ2v) is 4.58. The molecule has 0 atom stereocenters. The highest BCUT2D eigenvalue weighted by Crippen LogP contribution is 2.22. The molecule has 0 saturated heterocycles. The molecule has 0 fully saturated rings. The number of benzene rings is 1. The molecular formula is C13H16ClNO3. The molecule has 0 spiro atoms. The third-order valence-corrected chi connectivity index (χ3v) is 2.71. The van der Waals surface area contributed by atoms with E-state index in [-0.39, 0.29) is 24.2 Å². The highest BCUT2D eigenvalue weighted by atomic mass is 35.5. The standard InChI is InChI=1S/C13H16ClNO3/c1-8(2)11(16)7-15-13(17)10-6-9(14)4-5-12(10)18-3/h4-6,8H,7H2,1-3H3,(H,15,17). The lowest BCUT2D eigenvalue weighted by molar-refractivity contribution is -0.120. The molecule has 0 heterocycles. The Kier molecular flexibility index (Phi) is 5.16. The molecule has 0 aliphatic heterocycles. The van der Waals surface area contributed by atoms with Crippen LogP contribution in [0.3, 0.4) is 0 Å². The molecule has 0 aromatic heterocycles. The Hall–Kier alpha value is -1.55. The van der Waals surface area contributed by atoms with Crippen molar-refractivity contribution in [3.63, 3.8) is 0 Å². The molecular weight excluding hydrogens is 254 g/mol. The van der Waals surface area contributed by atoms with Crippen LogP contribution in [-0.4, -0.2) is 25.3 Å². The maximum Gasteiger partial charge on any atom is 0.255 e. The first-order valence-electron chi connectivity index (χ1n) is 5.60. The van der Waals surface area contributed by atoms with Gasteiger partial charge in [-0.05, 0) is 18.2 Å². The van der Waals surface area contributed by atoms with Gasteiger partial charge in [0.05, 0.1) is 19.2 Å². The van der Waals surface area contributed by atoms with E-state index in [1.54, 1.807) is 26.0 Å². The number of hydrogen-bond donors (Lipinski definition) is 1. The van der Waals surface area contributed by atoms with E-state index in [1.807, 2.05) is 0 Å². The molecule has 0 saturated carbocycles. The highest BCUT2D eigenvalue weighted by Gasteiger charge is 2.14. The zero-order chi connectivity index (χ0) is 13.7. The molecule has 0 aliphatic carbocycles. The lowest BCUT2D eigenvalue weighted by atomic mass is 10.1. The maximum atomic E-state index is 11.9. The average molecular weight is 270 g/mol. The van der Waals surface area contributed by atoms with Gasteiger partial charge >= 0.3 is 0 Å². The molecule has 98 valence electrons. The summed E-state index contributed by atoms with van der Waals surface area (Å²) in [5.41, 5.74) is 0.321. The number of amides is 1. The van der Waals surface area contributed by atoms with E-state index in [4.69, 9.17) is 16.3 Å². The summed E-state index contributed by atoms with van der Waals surface area (Å²) in [7, 11) is 1.47. The molecule has 1 N–H and O–H groups in total. The fourth-order valence-corrected chi connectivity index (χ4v) is 1.50. The quantitative estimate of drug-likeness (QED) is 0.892. The molecule has 1 rings (SSSR count). The second kappa shape index (κ2) is 6.40. The minimum absolute atomic E-state index is 0.00612. The van der Waals surface area contributed by atoms with E-state index in [0.29, 0.717) is 16.3 Å². The van der Waals surface area contributed by atoms with Crippen LogP contribution in [0, 0.1) is 5.92 Å². The van der Waals surface area contributed by atoms with Crippen LogP contribution in [-0.2, 0) is 4.79 Å². The maximum absolute atomic E-state index is 11.9. The first-order chi connectivity index (χ1) is 8.45. The number of carbonyl (C=O) groups is 2. The Balaban J connectivity index is 2.78. The van der Waals surface area contributed by atoms with Crippen molar-refractivity contribution in [1.29, 1.82) is 0 Å². The first kappa shape index (κ1) is 14.5. The number of rotatable bonds is 5. The number of ketones is 1. The molecule has 4 nitrogen and oxygen atoms in total. The van der Waals surface area contributed by atoms with Gasteiger partial charge in [0, 0.05) is 10.9 Å². The van der Waals surface area contributed by atoms with Crippen molar-refractivity contribution in [2.75, 3.05) is 13.7 Å². The molecule has 1 amide bonds. The third-order valence-electron chi connectivity index (χ3n) is 2.47. The topological polar surface area (TPSA) is 55.4 Å². The summed E-state index contributed by atoms with van der Waals surface area (Å²) in [4.78, 5) is 23.3. The molecule has 18 heavy (non-hydrogen) atoms. The molecule has 0 radical (unpaired) electrons. The third kappa shape index (κ3) is 3.74. The Morgan fingerprint density at radius 2 is 2.06 bits per heavy atom. The lowest BCUT2D eigenvalue weighted by Crippen LogP contribution is -2.31. The van der Waals surface area contributed by atoms with Crippen molar-refractivity contribution >= 4 is 23.3 Å². The van der Waals surface area contributed by atoms with Crippen molar-refractivity contribution < 1.29 is 14.3 Å². The summed E-state index contributed by atoms with van der Waals surface area (Å²) in [5, 5.41) is 3.00. The number of hydrogen-bond acceptors (Lipinski definition) is 3. The van der Waals surface area contributed by atoms with Crippen LogP contribution in [0.2, 0.25) is 5.02 Å². The minimum atomic E-state index is -0.372. The predicted octanol–water partition coefficient (Wildman–Crippen LogP) is 2.30. The predicted molar refractivity (Wildman–Crippen MR) is 70.2 cm³/mol. The zero-order valence-corrected chi connectivity index (χ0v) is 11.4. The van der Waals surface area contributed by atoms with Gasteiger partial charge in [0.25, 0.3) is 5.91 Å². The fourth-order valence-electron chi connectivity index (χ4n) is 1.32. The van der Waals surface area contributed by atoms with Crippen LogP contribution in [0.5, 0.6) is 5.75 Å². The summed E-state index contributed by atoms with van der Waals surface area (Å²) in [6, 6.07) is 4.76. The molecule has 0 bridgehead atoms. The van der Waals surface area contributed by atoms with Gasteiger partial charge in [0.15, 0.2) is 5.78 Å². The van der Waals surface area contributed by atoms with Gasteiger partial charge in [-0.1, -0.05) is 25.4 Å². The fraction of sp³-hybridized carbons (Fsp3) is 0.385. The van der Waals surface area contributed by atoms with Gasteiger partial charge < -0.3 is 10.1 Å². The summed E-state index contributed by atoms with van der Waals surface area (Å²) in [5.74, 6) is -0.0758. The molecule has 5 heteroatoms. The van der Waals surface area contributed by atoms with Crippen LogP contribution < -0.4 is 10.1 Å². The van der Waals surface area contributed by atoms with Crippen molar-refractivity contribution in [3.8, 4) is 5.75 Å². The Labute approximate surface area is 111 Å². The smallest absolute Gasteiger partial charge is 0.255 e. The van der Waals surface area contributed by atoms with Crippen LogP contribution in [0.25, 0.3) is 0 Å². The summed E-state index contributed by atoms with van der Waals surface area (Å²) in [6.45, 7) is 3.58. The van der Waals surface area contributed by atoms with Gasteiger partial charge in [-0.2, -0.15) is 0 Å². The van der Waals surface area contributed by atoms with E-state index in [2.05, 4.69) is 5.32 Å². The Bertz CT molecular complexity index is 458. The van der Waals surface area contributed by atoms with E-state index in [0.717, 1.165) is 0 Å². The number of Topliss-reactive ketones (excluding diaryl/α,β-unsaturated/α-hetero) is 1. The van der Waals surface area contributed by atoms with Crippen molar-refractivity contribution in [2.45, 2.75) is 13.8 Å². The molecule has 0 unspecified atom stereocenters. The normalized spacial score (nSPS) is 10.3. The second-order valence-electron chi connectivity index (χ2n) is 4.15. The average Bonchev–Trinajstić information content (AvgIpc) is 2.35. The number of carbonyl (C=O) groups excluding carboxylic acids is 2. The number of ether oxygens (including phenoxy) is 1. The van der Waals surface area contributed by atoms with Crippen molar-refractivity contribution in [3.05, 3.63) is 28.8 Å². The van der Waals surface area contributed by atoms with Gasteiger partial charge in [-0.15, -0.1) is 0 Å². The van der Waals surface area contributed by atoms with Crippen LogP contribution in [0.15, 0.2) is 18.2 Å². The first-order valence-corrected chi connectivity index (χ1v) is 5.98. The van der Waals surface area contributed by atoms with E-state index in [9.17, 15) is 9.59 Å². The Morgan fingerprint density at radius 3 is 2.61 bits per heavy atom. The highest BCUT2D eigenvalue weighted by molar-refractivity contribution is 6.31. The largest absolute Gasteiger partial charge is 0.496 e. The van der Waals surface area contributed by atoms with Gasteiger partial charge in [-0.3, -0.25) is 9.59 Å². The molecule has 1 aromatic rings. The van der Waals surface area contributed by atoms with Gasteiger partial charge in [0.1, 0.15) is 5.75 Å². The zero-order valence-electron chi connectivity index (χ0n) is 10.6. The summed E-state index contributed by atoms with van der Waals surface area (Å²) >= 11 is 5.83. The Morgan fingerprint density at radius 1 is 1.39 bits per heavy atom. The van der Waals surface area contributed by atoms with E-state index in [1.165, 1.54) is 13.2 Å². The summed E-state index contributed by atoms with van der Waals surface area (Å²) < 4.78 is 5.07.